The number of carbonyl (C=O) groups is 1. The second kappa shape index (κ2) is 7.32. The molecule has 6 nitrogen and oxygen atoms in total. The Morgan fingerprint density at radius 1 is 1.15 bits per heavy atom. The number of hydrogen-bond acceptors (Lipinski definition) is 4. The molecule has 27 heavy (non-hydrogen) atoms. The van der Waals surface area contributed by atoms with Crippen molar-refractivity contribution in [3.05, 3.63) is 52.9 Å². The molecule has 1 N–H and O–H groups in total. The highest BCUT2D eigenvalue weighted by Gasteiger charge is 2.32. The lowest BCUT2D eigenvalue weighted by Gasteiger charge is -2.40. The number of aliphatic hydroxyl groups is 1. The molecule has 0 aliphatic carbocycles. The predicted molar refractivity (Wildman–Crippen MR) is 102 cm³/mol. The van der Waals surface area contributed by atoms with Crippen LogP contribution in [-0.4, -0.2) is 53.7 Å². The van der Waals surface area contributed by atoms with Gasteiger partial charge in [0.25, 0.3) is 0 Å². The van der Waals surface area contributed by atoms with E-state index in [2.05, 4.69) is 4.98 Å². The first-order chi connectivity index (χ1) is 13.0. The Kier molecular flexibility index (Phi) is 4.88. The van der Waals surface area contributed by atoms with Crippen molar-refractivity contribution in [1.82, 2.24) is 9.88 Å². The van der Waals surface area contributed by atoms with E-state index < -0.39 is 6.10 Å². The fraction of sp³-hybridized carbons (Fsp3) is 0.368. The lowest BCUT2D eigenvalue weighted by Crippen LogP contribution is -2.54. The van der Waals surface area contributed by atoms with Gasteiger partial charge in [-0.2, -0.15) is 0 Å². The first kappa shape index (κ1) is 18.0. The quantitative estimate of drug-likeness (QED) is 0.813. The molecule has 1 saturated heterocycles. The molecule has 2 aromatic rings. The van der Waals surface area contributed by atoms with Crippen LogP contribution in [0, 0.1) is 5.82 Å². The monoisotopic (exact) mass is 390 g/mol. The van der Waals surface area contributed by atoms with Crippen LogP contribution in [0.2, 0.25) is 5.02 Å². The molecule has 1 aromatic carbocycles. The average Bonchev–Trinajstić information content (AvgIpc) is 2.69. The van der Waals surface area contributed by atoms with Crippen molar-refractivity contribution in [2.24, 2.45) is 0 Å². The summed E-state index contributed by atoms with van der Waals surface area (Å²) in [5, 5.41) is 10.8. The van der Waals surface area contributed by atoms with E-state index in [0.717, 1.165) is 0 Å². The number of anilines is 2. The van der Waals surface area contributed by atoms with Crippen LogP contribution in [0.4, 0.5) is 20.7 Å². The van der Waals surface area contributed by atoms with Crippen LogP contribution < -0.4 is 9.80 Å². The van der Waals surface area contributed by atoms with Crippen LogP contribution in [0.15, 0.2) is 36.5 Å². The zero-order valence-electron chi connectivity index (χ0n) is 14.7. The van der Waals surface area contributed by atoms with E-state index >= 15 is 0 Å². The van der Waals surface area contributed by atoms with Crippen molar-refractivity contribution in [1.29, 1.82) is 0 Å². The summed E-state index contributed by atoms with van der Waals surface area (Å²) in [7, 11) is 0. The fourth-order valence-electron chi connectivity index (χ4n) is 3.62. The summed E-state index contributed by atoms with van der Waals surface area (Å²) in [4.78, 5) is 22.7. The summed E-state index contributed by atoms with van der Waals surface area (Å²) in [6.07, 6.45) is 1.08. The van der Waals surface area contributed by atoms with E-state index in [-0.39, 0.29) is 11.8 Å². The van der Waals surface area contributed by atoms with Crippen molar-refractivity contribution < 1.29 is 14.3 Å². The zero-order chi connectivity index (χ0) is 19.0. The smallest absolute Gasteiger partial charge is 0.324 e. The van der Waals surface area contributed by atoms with Crippen molar-refractivity contribution in [2.75, 3.05) is 42.5 Å². The van der Waals surface area contributed by atoms with Gasteiger partial charge in [0.1, 0.15) is 11.6 Å². The number of fused-ring (bicyclic) bond motifs is 1. The molecule has 0 bridgehead atoms. The summed E-state index contributed by atoms with van der Waals surface area (Å²) in [5.41, 5.74) is 1.40. The second-order valence-corrected chi connectivity index (χ2v) is 7.19. The minimum Gasteiger partial charge on any atom is -0.388 e. The number of benzene rings is 1. The van der Waals surface area contributed by atoms with Crippen molar-refractivity contribution in [3.63, 3.8) is 0 Å². The number of amides is 2. The van der Waals surface area contributed by atoms with Gasteiger partial charge in [-0.05, 0) is 36.8 Å². The maximum atomic E-state index is 13.0. The van der Waals surface area contributed by atoms with Gasteiger partial charge in [-0.15, -0.1) is 0 Å². The molecule has 1 fully saturated rings. The molecule has 3 heterocycles. The van der Waals surface area contributed by atoms with E-state index in [0.29, 0.717) is 61.2 Å². The molecule has 0 radical (unpaired) electrons. The van der Waals surface area contributed by atoms with Crippen LogP contribution >= 0.6 is 11.6 Å². The highest BCUT2D eigenvalue weighted by molar-refractivity contribution is 6.30. The Hall–Kier alpha value is -2.38. The van der Waals surface area contributed by atoms with Gasteiger partial charge in [0.15, 0.2) is 0 Å². The highest BCUT2D eigenvalue weighted by atomic mass is 35.5. The van der Waals surface area contributed by atoms with Gasteiger partial charge in [0.2, 0.25) is 0 Å². The van der Waals surface area contributed by atoms with E-state index in [4.69, 9.17) is 11.6 Å². The van der Waals surface area contributed by atoms with E-state index in [9.17, 15) is 14.3 Å². The summed E-state index contributed by atoms with van der Waals surface area (Å²) in [5.74, 6) is 0.350. The number of hydrogen-bond donors (Lipinski definition) is 1. The standard InChI is InChI=1S/C19H20ClFN4O2/c20-13-1-3-16-15(11-13)17(26)5-6-25(16)19(27)24-9-7-23(8-10-24)18-4-2-14(21)12-22-18/h1-4,11-12,17,26H,5-10H2. The molecule has 8 heteroatoms. The largest absolute Gasteiger partial charge is 0.388 e. The minimum absolute atomic E-state index is 0.0720. The summed E-state index contributed by atoms with van der Waals surface area (Å²) >= 11 is 6.04. The summed E-state index contributed by atoms with van der Waals surface area (Å²) in [6.45, 7) is 2.84. The third kappa shape index (κ3) is 3.57. The molecule has 0 spiro atoms. The fourth-order valence-corrected chi connectivity index (χ4v) is 3.80. The number of pyridine rings is 1. The molecular formula is C19H20ClFN4O2. The lowest BCUT2D eigenvalue weighted by molar-refractivity contribution is 0.160. The van der Waals surface area contributed by atoms with E-state index in [1.165, 1.54) is 12.3 Å². The second-order valence-electron chi connectivity index (χ2n) is 6.75. The molecule has 4 rings (SSSR count). The summed E-state index contributed by atoms with van der Waals surface area (Å²) in [6, 6.07) is 8.21. The number of nitrogens with zero attached hydrogens (tertiary/aromatic N) is 4. The molecule has 2 aliphatic rings. The van der Waals surface area contributed by atoms with Crippen LogP contribution in [0.3, 0.4) is 0 Å². The number of piperazine rings is 1. The van der Waals surface area contributed by atoms with Gasteiger partial charge in [0, 0.05) is 43.3 Å². The molecule has 2 amide bonds. The predicted octanol–water partition coefficient (Wildman–Crippen LogP) is 3.06. The molecule has 1 atom stereocenters. The summed E-state index contributed by atoms with van der Waals surface area (Å²) < 4.78 is 13.0. The number of aliphatic hydroxyl groups excluding tert-OH is 1. The van der Waals surface area contributed by atoms with Crippen molar-refractivity contribution in [3.8, 4) is 0 Å². The number of aromatic nitrogens is 1. The molecular weight excluding hydrogens is 371 g/mol. The third-order valence-corrected chi connectivity index (χ3v) is 5.32. The maximum absolute atomic E-state index is 13.0. The minimum atomic E-state index is -0.607. The SMILES string of the molecule is O=C(N1CCN(c2ccc(F)cn2)CC1)N1CCC(O)c2cc(Cl)ccc21. The molecule has 142 valence electrons. The molecule has 0 saturated carbocycles. The number of carbonyl (C=O) groups excluding carboxylic acids is 1. The van der Waals surface area contributed by atoms with E-state index in [1.807, 2.05) is 4.90 Å². The van der Waals surface area contributed by atoms with E-state index in [1.54, 1.807) is 34.1 Å². The Morgan fingerprint density at radius 2 is 1.93 bits per heavy atom. The van der Waals surface area contributed by atoms with Gasteiger partial charge in [-0.3, -0.25) is 4.90 Å². The van der Waals surface area contributed by atoms with Crippen molar-refractivity contribution >= 4 is 29.1 Å². The van der Waals surface area contributed by atoms with Crippen molar-refractivity contribution in [2.45, 2.75) is 12.5 Å². The van der Waals surface area contributed by atoms with Gasteiger partial charge < -0.3 is 14.9 Å². The molecule has 2 aliphatic heterocycles. The molecule has 1 aromatic heterocycles. The zero-order valence-corrected chi connectivity index (χ0v) is 15.4. The first-order valence-corrected chi connectivity index (χ1v) is 9.31. The Labute approximate surface area is 161 Å². The highest BCUT2D eigenvalue weighted by Crippen LogP contribution is 2.36. The maximum Gasteiger partial charge on any atom is 0.324 e. The van der Waals surface area contributed by atoms with Crippen LogP contribution in [0.5, 0.6) is 0 Å². The number of halogens is 2. The van der Waals surface area contributed by atoms with Gasteiger partial charge in [-0.25, -0.2) is 14.2 Å². The van der Waals surface area contributed by atoms with Crippen LogP contribution in [0.25, 0.3) is 0 Å². The first-order valence-electron chi connectivity index (χ1n) is 8.93. The van der Waals surface area contributed by atoms with Crippen LogP contribution in [-0.2, 0) is 0 Å². The van der Waals surface area contributed by atoms with Gasteiger partial charge in [-0.1, -0.05) is 11.6 Å². The normalized spacial score (nSPS) is 19.8. The lowest BCUT2D eigenvalue weighted by atomic mass is 9.99. The van der Waals surface area contributed by atoms with Gasteiger partial charge >= 0.3 is 6.03 Å². The Morgan fingerprint density at radius 3 is 2.63 bits per heavy atom. The Bertz CT molecular complexity index is 840. The van der Waals surface area contributed by atoms with Gasteiger partial charge in [0.05, 0.1) is 18.0 Å². The molecule has 1 unspecified atom stereocenters. The van der Waals surface area contributed by atoms with Crippen LogP contribution in [0.1, 0.15) is 18.1 Å². The number of urea groups is 1. The topological polar surface area (TPSA) is 59.9 Å². The average molecular weight is 391 g/mol. The number of rotatable bonds is 1. The third-order valence-electron chi connectivity index (χ3n) is 5.08. The Balaban J connectivity index is 1.46.